The molecule has 2 aromatic carbocycles. The quantitative estimate of drug-likeness (QED) is 0.566. The third-order valence-corrected chi connectivity index (χ3v) is 4.87. The zero-order valence-corrected chi connectivity index (χ0v) is 17.4. The van der Waals surface area contributed by atoms with E-state index in [9.17, 15) is 9.59 Å². The molecule has 6 heteroatoms. The number of benzene rings is 2. The van der Waals surface area contributed by atoms with Crippen molar-refractivity contribution in [3.05, 3.63) is 48.5 Å². The van der Waals surface area contributed by atoms with E-state index in [1.165, 1.54) is 12.8 Å². The first kappa shape index (κ1) is 23.3. The largest absolute Gasteiger partial charge is 0.508 e. The van der Waals surface area contributed by atoms with Crippen LogP contribution in [0.15, 0.2) is 48.5 Å². The molecule has 4 rings (SSSR count). The number of aromatic hydroxyl groups is 2. The number of carbonyl (C=O) groups excluding carboxylic acids is 2. The molecule has 162 valence electrons. The van der Waals surface area contributed by atoms with E-state index in [0.717, 1.165) is 62.7 Å². The first-order valence-corrected chi connectivity index (χ1v) is 10.7. The molecule has 0 radical (unpaired) electrons. The van der Waals surface area contributed by atoms with E-state index >= 15 is 0 Å². The van der Waals surface area contributed by atoms with Gasteiger partial charge in [0.25, 0.3) is 0 Å². The summed E-state index contributed by atoms with van der Waals surface area (Å²) in [7, 11) is 0. The van der Waals surface area contributed by atoms with Gasteiger partial charge >= 0.3 is 0 Å². The van der Waals surface area contributed by atoms with Crippen LogP contribution < -0.4 is 10.6 Å². The second-order valence-corrected chi connectivity index (χ2v) is 7.41. The zero-order valence-electron chi connectivity index (χ0n) is 17.4. The Balaban J connectivity index is 0.000000172. The van der Waals surface area contributed by atoms with E-state index in [1.54, 1.807) is 24.3 Å². The molecule has 2 amide bonds. The zero-order chi connectivity index (χ0) is 21.6. The van der Waals surface area contributed by atoms with Gasteiger partial charge in [-0.25, -0.2) is 0 Å². The highest BCUT2D eigenvalue weighted by Crippen LogP contribution is 2.23. The van der Waals surface area contributed by atoms with Crippen molar-refractivity contribution in [1.29, 1.82) is 0 Å². The Bertz CT molecular complexity index is 685. The number of hydrogen-bond donors (Lipinski definition) is 4. The maximum atomic E-state index is 10.6. The second kappa shape index (κ2) is 13.2. The first-order valence-electron chi connectivity index (χ1n) is 10.7. The highest BCUT2D eigenvalue weighted by Gasteiger charge is 2.04. The van der Waals surface area contributed by atoms with Gasteiger partial charge in [-0.2, -0.15) is 0 Å². The highest BCUT2D eigenvalue weighted by atomic mass is 16.3. The van der Waals surface area contributed by atoms with Gasteiger partial charge in [0, 0.05) is 25.9 Å². The van der Waals surface area contributed by atoms with Crippen LogP contribution >= 0.6 is 0 Å². The van der Waals surface area contributed by atoms with Gasteiger partial charge < -0.3 is 20.8 Å². The Hall–Kier alpha value is -3.02. The van der Waals surface area contributed by atoms with Crippen LogP contribution in [0.5, 0.6) is 11.5 Å². The number of nitrogens with one attached hydrogen (secondary N) is 2. The van der Waals surface area contributed by atoms with E-state index < -0.39 is 0 Å². The van der Waals surface area contributed by atoms with Gasteiger partial charge in [0.15, 0.2) is 0 Å². The molecule has 0 atom stereocenters. The van der Waals surface area contributed by atoms with Crippen molar-refractivity contribution in [2.24, 2.45) is 0 Å². The summed E-state index contributed by atoms with van der Waals surface area (Å²) in [6, 6.07) is 13.9. The lowest BCUT2D eigenvalue weighted by Crippen LogP contribution is -2.21. The third kappa shape index (κ3) is 9.45. The maximum absolute atomic E-state index is 10.6. The van der Waals surface area contributed by atoms with Crippen LogP contribution in [-0.4, -0.2) is 35.1 Å². The lowest BCUT2D eigenvalue weighted by molar-refractivity contribution is -0.121. The molecule has 2 fully saturated rings. The van der Waals surface area contributed by atoms with Crippen molar-refractivity contribution in [1.82, 2.24) is 10.6 Å². The van der Waals surface area contributed by atoms with Gasteiger partial charge in [0.1, 0.15) is 11.5 Å². The molecule has 0 aliphatic carbocycles. The molecule has 30 heavy (non-hydrogen) atoms. The number of phenols is 2. The number of hydrogen-bond acceptors (Lipinski definition) is 4. The molecular weight excluding hydrogens is 380 g/mol. The van der Waals surface area contributed by atoms with E-state index in [4.69, 9.17) is 10.2 Å². The van der Waals surface area contributed by atoms with Crippen molar-refractivity contribution in [2.75, 3.05) is 13.1 Å². The molecule has 0 aromatic heterocycles. The van der Waals surface area contributed by atoms with E-state index in [2.05, 4.69) is 10.6 Å². The van der Waals surface area contributed by atoms with Crippen molar-refractivity contribution >= 4 is 11.8 Å². The second-order valence-electron chi connectivity index (χ2n) is 7.41. The van der Waals surface area contributed by atoms with Crippen LogP contribution in [0, 0.1) is 0 Å². The third-order valence-electron chi connectivity index (χ3n) is 4.87. The molecule has 6 nitrogen and oxygen atoms in total. The standard InChI is InChI=1S/C12H10O2.2C6H11NO/c13-11-5-1-9(2-6-11)10-3-7-12(14)8-4-10;2*8-6-4-2-1-3-5-7-6/h1-8,13-14H;2*1-5H2,(H,7,8). The van der Waals surface area contributed by atoms with Gasteiger partial charge in [0.05, 0.1) is 0 Å². The fraction of sp³-hybridized carbons (Fsp3) is 0.417. The van der Waals surface area contributed by atoms with Crippen LogP contribution in [0.1, 0.15) is 51.4 Å². The molecule has 2 saturated heterocycles. The predicted molar refractivity (Wildman–Crippen MR) is 118 cm³/mol. The molecule has 0 unspecified atom stereocenters. The molecule has 2 aromatic rings. The number of amides is 2. The summed E-state index contributed by atoms with van der Waals surface area (Å²) >= 11 is 0. The van der Waals surface area contributed by atoms with Crippen LogP contribution in [0.25, 0.3) is 11.1 Å². The van der Waals surface area contributed by atoms with Crippen molar-refractivity contribution < 1.29 is 19.8 Å². The molecule has 4 N–H and O–H groups in total. The van der Waals surface area contributed by atoms with Gasteiger partial charge in [-0.1, -0.05) is 37.1 Å². The minimum absolute atomic E-state index is 0.225. The number of rotatable bonds is 1. The van der Waals surface area contributed by atoms with E-state index in [0.29, 0.717) is 0 Å². The Kier molecular flexibility index (Phi) is 10.3. The number of carbonyl (C=O) groups is 2. The summed E-state index contributed by atoms with van der Waals surface area (Å²) in [6.45, 7) is 1.78. The summed E-state index contributed by atoms with van der Waals surface area (Å²) in [4.78, 5) is 21.1. The average Bonchev–Trinajstić information content (AvgIpc) is 3.14. The molecule has 2 aliphatic heterocycles. The van der Waals surface area contributed by atoms with Crippen molar-refractivity contribution in [2.45, 2.75) is 51.4 Å². The highest BCUT2D eigenvalue weighted by molar-refractivity contribution is 5.76. The fourth-order valence-electron chi connectivity index (χ4n) is 3.11. The predicted octanol–water partition coefficient (Wildman–Crippen LogP) is 4.12. The van der Waals surface area contributed by atoms with Crippen LogP contribution in [0.4, 0.5) is 0 Å². The van der Waals surface area contributed by atoms with Crippen LogP contribution in [0.3, 0.4) is 0 Å². The van der Waals surface area contributed by atoms with Crippen molar-refractivity contribution in [3.63, 3.8) is 0 Å². The molecule has 2 heterocycles. The maximum Gasteiger partial charge on any atom is 0.219 e. The Morgan fingerprint density at radius 2 is 0.900 bits per heavy atom. The van der Waals surface area contributed by atoms with Crippen molar-refractivity contribution in [3.8, 4) is 22.6 Å². The molecule has 0 spiro atoms. The SMILES string of the molecule is O=C1CCCCCN1.O=C1CCCCCN1.Oc1ccc(-c2ccc(O)cc2)cc1. The molecular formula is C24H32N2O4. The molecule has 0 saturated carbocycles. The van der Waals surface area contributed by atoms with Gasteiger partial charge in [-0.05, 0) is 61.1 Å². The van der Waals surface area contributed by atoms with E-state index in [-0.39, 0.29) is 23.3 Å². The number of phenolic OH excluding ortho intramolecular Hbond substituents is 2. The molecule has 2 aliphatic rings. The first-order chi connectivity index (χ1) is 14.5. The minimum atomic E-state index is 0.225. The lowest BCUT2D eigenvalue weighted by atomic mass is 10.1. The summed E-state index contributed by atoms with van der Waals surface area (Å²) in [5.74, 6) is 0.963. The normalized spacial score (nSPS) is 16.3. The minimum Gasteiger partial charge on any atom is -0.508 e. The van der Waals surface area contributed by atoms with E-state index in [1.807, 2.05) is 24.3 Å². The van der Waals surface area contributed by atoms with Gasteiger partial charge in [0.2, 0.25) is 11.8 Å². The Labute approximate surface area is 178 Å². The summed E-state index contributed by atoms with van der Waals surface area (Å²) in [5, 5.41) is 23.8. The Morgan fingerprint density at radius 3 is 1.27 bits per heavy atom. The van der Waals surface area contributed by atoms with Gasteiger partial charge in [-0.15, -0.1) is 0 Å². The molecule has 0 bridgehead atoms. The van der Waals surface area contributed by atoms with Crippen LogP contribution in [-0.2, 0) is 9.59 Å². The average molecular weight is 413 g/mol. The smallest absolute Gasteiger partial charge is 0.219 e. The summed E-state index contributed by atoms with van der Waals surface area (Å²) in [5.41, 5.74) is 2.03. The summed E-state index contributed by atoms with van der Waals surface area (Å²) < 4.78 is 0. The fourth-order valence-corrected chi connectivity index (χ4v) is 3.11. The van der Waals surface area contributed by atoms with Gasteiger partial charge in [-0.3, -0.25) is 9.59 Å². The monoisotopic (exact) mass is 412 g/mol. The summed E-state index contributed by atoms with van der Waals surface area (Å²) in [6.07, 6.45) is 8.35. The van der Waals surface area contributed by atoms with Crippen LogP contribution in [0.2, 0.25) is 0 Å². The Morgan fingerprint density at radius 1 is 0.533 bits per heavy atom. The topological polar surface area (TPSA) is 98.7 Å². The lowest BCUT2D eigenvalue weighted by Gasteiger charge is -2.01.